The lowest BCUT2D eigenvalue weighted by molar-refractivity contribution is -0.147. The van der Waals surface area contributed by atoms with Gasteiger partial charge < -0.3 is 14.4 Å². The van der Waals surface area contributed by atoms with E-state index in [4.69, 9.17) is 16.0 Å². The predicted molar refractivity (Wildman–Crippen MR) is 80.5 cm³/mol. The summed E-state index contributed by atoms with van der Waals surface area (Å²) in [6.45, 7) is 6.73. The number of amides is 1. The molecule has 2 atom stereocenters. The fourth-order valence-electron chi connectivity index (χ4n) is 2.82. The Balaban J connectivity index is 2.80. The summed E-state index contributed by atoms with van der Waals surface area (Å²) in [5.74, 6) is -1.50. The molecule has 1 saturated heterocycles. The lowest BCUT2D eigenvalue weighted by Crippen LogP contribution is -2.42. The second-order valence-electron chi connectivity index (χ2n) is 5.25. The highest BCUT2D eigenvalue weighted by molar-refractivity contribution is 6.73. The number of hydrogen-bond acceptors (Lipinski definition) is 3. The Kier molecular flexibility index (Phi) is 6.48. The third kappa shape index (κ3) is 3.74. The van der Waals surface area contributed by atoms with Gasteiger partial charge in [-0.3, -0.25) is 4.79 Å². The lowest BCUT2D eigenvalue weighted by Gasteiger charge is -2.31. The highest BCUT2D eigenvalue weighted by Crippen LogP contribution is 2.29. The van der Waals surface area contributed by atoms with Gasteiger partial charge in [-0.25, -0.2) is 4.79 Å². The zero-order chi connectivity index (χ0) is 15.3. The van der Waals surface area contributed by atoms with Crippen LogP contribution in [0, 0.1) is 0 Å². The van der Waals surface area contributed by atoms with Gasteiger partial charge in [-0.1, -0.05) is 20.8 Å². The van der Waals surface area contributed by atoms with Crippen LogP contribution in [0.1, 0.15) is 27.2 Å². The topological polar surface area (TPSA) is 66.8 Å². The van der Waals surface area contributed by atoms with E-state index in [1.54, 1.807) is 0 Å². The van der Waals surface area contributed by atoms with E-state index in [0.717, 1.165) is 18.1 Å². The van der Waals surface area contributed by atoms with Crippen molar-refractivity contribution in [3.63, 3.8) is 0 Å². The Morgan fingerprint density at radius 1 is 1.30 bits per heavy atom. The molecule has 20 heavy (non-hydrogen) atoms. The first-order chi connectivity index (χ1) is 9.42. The van der Waals surface area contributed by atoms with Crippen LogP contribution in [0.2, 0.25) is 18.1 Å². The third-order valence-electron chi connectivity index (χ3n) is 4.33. The van der Waals surface area contributed by atoms with Gasteiger partial charge >= 0.3 is 5.97 Å². The molecule has 0 bridgehead atoms. The molecule has 1 aliphatic heterocycles. The molecule has 1 amide bonds. The number of carbonyl (C=O) groups is 2. The number of carboxylic acids is 1. The average Bonchev–Trinajstić information content (AvgIpc) is 2.88. The van der Waals surface area contributed by atoms with E-state index in [9.17, 15) is 14.7 Å². The average molecular weight is 322 g/mol. The van der Waals surface area contributed by atoms with Crippen molar-refractivity contribution in [1.82, 2.24) is 4.90 Å². The predicted octanol–water partition coefficient (Wildman–Crippen LogP) is 2.30. The first-order valence-corrected chi connectivity index (χ1v) is 10.3. The Morgan fingerprint density at radius 2 is 1.85 bits per heavy atom. The van der Waals surface area contributed by atoms with Gasteiger partial charge in [0.15, 0.2) is 8.32 Å². The number of alkyl halides is 1. The van der Waals surface area contributed by atoms with Gasteiger partial charge in [-0.2, -0.15) is 0 Å². The van der Waals surface area contributed by atoms with Gasteiger partial charge in [-0.15, -0.1) is 11.6 Å². The Labute approximate surface area is 126 Å². The summed E-state index contributed by atoms with van der Waals surface area (Å²) in [5, 5.41) is 9.23. The second-order valence-corrected chi connectivity index (χ2v) is 10.2. The summed E-state index contributed by atoms with van der Waals surface area (Å²) in [6.07, 6.45) is 0.196. The highest BCUT2D eigenvalue weighted by Gasteiger charge is 2.43. The Hall–Kier alpha value is -0.593. The third-order valence-corrected chi connectivity index (χ3v) is 9.26. The minimum absolute atomic E-state index is 0.171. The number of likely N-dealkylation sites (tertiary alicyclic amines) is 1. The van der Waals surface area contributed by atoms with E-state index >= 15 is 0 Å². The van der Waals surface area contributed by atoms with Gasteiger partial charge in [-0.05, 0) is 18.1 Å². The van der Waals surface area contributed by atoms with E-state index < -0.39 is 20.3 Å². The molecule has 116 valence electrons. The molecule has 0 aromatic rings. The number of rotatable bonds is 7. The van der Waals surface area contributed by atoms with Crippen LogP contribution in [0.4, 0.5) is 0 Å². The fraction of sp³-hybridized carbons (Fsp3) is 0.846. The zero-order valence-electron chi connectivity index (χ0n) is 12.4. The maximum atomic E-state index is 11.7. The highest BCUT2D eigenvalue weighted by atomic mass is 35.5. The molecule has 0 aliphatic carbocycles. The van der Waals surface area contributed by atoms with Crippen LogP contribution in [0.5, 0.6) is 0 Å². The summed E-state index contributed by atoms with van der Waals surface area (Å²) >= 11 is 5.55. The molecule has 5 nitrogen and oxygen atoms in total. The molecular weight excluding hydrogens is 298 g/mol. The normalized spacial score (nSPS) is 23.1. The summed E-state index contributed by atoms with van der Waals surface area (Å²) in [4.78, 5) is 24.4. The van der Waals surface area contributed by atoms with Crippen molar-refractivity contribution < 1.29 is 19.1 Å². The molecule has 1 aliphatic rings. The van der Waals surface area contributed by atoms with Crippen LogP contribution in [0.25, 0.3) is 0 Å². The van der Waals surface area contributed by atoms with E-state index in [1.807, 2.05) is 0 Å². The molecule has 1 fully saturated rings. The van der Waals surface area contributed by atoms with Crippen molar-refractivity contribution in [2.75, 3.05) is 12.4 Å². The van der Waals surface area contributed by atoms with Crippen LogP contribution in [-0.2, 0) is 14.0 Å². The van der Waals surface area contributed by atoms with E-state index in [0.29, 0.717) is 13.0 Å². The van der Waals surface area contributed by atoms with Gasteiger partial charge in [0.25, 0.3) is 0 Å². The molecule has 0 spiro atoms. The molecule has 0 saturated carbocycles. The Bertz CT molecular complexity index is 354. The molecule has 1 rings (SSSR count). The molecule has 1 N–H and O–H groups in total. The number of halogens is 1. The number of carbonyl (C=O) groups excluding carboxylic acids is 1. The van der Waals surface area contributed by atoms with Gasteiger partial charge in [0.1, 0.15) is 11.9 Å². The smallest absolute Gasteiger partial charge is 0.326 e. The van der Waals surface area contributed by atoms with Gasteiger partial charge in [0.2, 0.25) is 5.91 Å². The number of carboxylic acid groups (broad SMARTS) is 1. The van der Waals surface area contributed by atoms with Crippen molar-refractivity contribution in [1.29, 1.82) is 0 Å². The summed E-state index contributed by atoms with van der Waals surface area (Å²) in [6, 6.07) is 2.23. The van der Waals surface area contributed by atoms with Crippen LogP contribution in [0.15, 0.2) is 0 Å². The van der Waals surface area contributed by atoms with Gasteiger partial charge in [0.05, 0.1) is 6.10 Å². The second kappa shape index (κ2) is 7.43. The van der Waals surface area contributed by atoms with E-state index in [1.165, 1.54) is 4.90 Å². The molecule has 7 heteroatoms. The molecular formula is C13H24ClNO4Si. The van der Waals surface area contributed by atoms with Crippen molar-refractivity contribution in [2.45, 2.75) is 57.5 Å². The lowest BCUT2D eigenvalue weighted by atomic mass is 10.2. The zero-order valence-corrected chi connectivity index (χ0v) is 14.2. The number of aliphatic carboxylic acids is 1. The summed E-state index contributed by atoms with van der Waals surface area (Å²) in [5.41, 5.74) is 0. The van der Waals surface area contributed by atoms with Crippen LogP contribution < -0.4 is 0 Å². The maximum absolute atomic E-state index is 11.7. The van der Waals surface area contributed by atoms with Crippen LogP contribution in [0.3, 0.4) is 0 Å². The van der Waals surface area contributed by atoms with E-state index in [2.05, 4.69) is 20.8 Å². The van der Waals surface area contributed by atoms with E-state index in [-0.39, 0.29) is 17.9 Å². The first kappa shape index (κ1) is 17.5. The monoisotopic (exact) mass is 321 g/mol. The fourth-order valence-corrected chi connectivity index (χ4v) is 5.85. The van der Waals surface area contributed by atoms with Crippen LogP contribution >= 0.6 is 11.6 Å². The molecule has 2 unspecified atom stereocenters. The Morgan fingerprint density at radius 3 is 2.25 bits per heavy atom. The first-order valence-electron chi connectivity index (χ1n) is 7.19. The quantitative estimate of drug-likeness (QED) is 0.577. The molecule has 0 radical (unpaired) electrons. The van der Waals surface area contributed by atoms with Crippen LogP contribution in [-0.4, -0.2) is 54.8 Å². The van der Waals surface area contributed by atoms with Crippen molar-refractivity contribution in [3.05, 3.63) is 0 Å². The summed E-state index contributed by atoms with van der Waals surface area (Å²) < 4.78 is 6.29. The number of hydrogen-bond donors (Lipinski definition) is 1. The minimum atomic E-state index is -1.79. The number of nitrogens with zero attached hydrogens (tertiary/aromatic N) is 1. The molecule has 0 aromatic carbocycles. The van der Waals surface area contributed by atoms with Gasteiger partial charge in [0, 0.05) is 13.0 Å². The van der Waals surface area contributed by atoms with Crippen molar-refractivity contribution >= 4 is 31.8 Å². The van der Waals surface area contributed by atoms with Crippen molar-refractivity contribution in [3.8, 4) is 0 Å². The summed E-state index contributed by atoms with van der Waals surface area (Å²) in [7, 11) is -1.79. The SMILES string of the molecule is CC[Si](CC)(CC)OC1CC(C(=O)O)N(C(=O)CCl)C1. The minimum Gasteiger partial charge on any atom is -0.480 e. The maximum Gasteiger partial charge on any atom is 0.326 e. The van der Waals surface area contributed by atoms with Crippen molar-refractivity contribution in [2.24, 2.45) is 0 Å². The largest absolute Gasteiger partial charge is 0.480 e. The molecule has 0 aromatic heterocycles. The molecule has 1 heterocycles. The standard InChI is InChI=1S/C13H24ClNO4Si/c1-4-20(5-2,6-3)19-10-7-11(13(17)18)15(9-10)12(16)8-14/h10-11H,4-9H2,1-3H3,(H,17,18).